The number of hydrogen-bond donors (Lipinski definition) is 2. The Hall–Kier alpha value is -2.30. The van der Waals surface area contributed by atoms with Crippen molar-refractivity contribution in [2.45, 2.75) is 40.3 Å². The molecule has 0 aliphatic heterocycles. The Morgan fingerprint density at radius 1 is 1.38 bits per heavy atom. The second-order valence-electron chi connectivity index (χ2n) is 5.10. The molecular formula is C16H22N4O. The summed E-state index contributed by atoms with van der Waals surface area (Å²) >= 11 is 0. The van der Waals surface area contributed by atoms with Gasteiger partial charge in [0.25, 0.3) is 0 Å². The van der Waals surface area contributed by atoms with E-state index >= 15 is 0 Å². The summed E-state index contributed by atoms with van der Waals surface area (Å²) in [5, 5.41) is 6.19. The lowest BCUT2D eigenvalue weighted by Gasteiger charge is -2.12. The molecule has 2 rings (SSSR count). The lowest BCUT2D eigenvalue weighted by Crippen LogP contribution is -2.10. The number of hydrogen-bond acceptors (Lipinski definition) is 3. The minimum Gasteiger partial charge on any atom is -0.378 e. The van der Waals surface area contributed by atoms with Crippen LogP contribution in [0.2, 0.25) is 0 Å². The van der Waals surface area contributed by atoms with Crippen LogP contribution in [-0.4, -0.2) is 15.5 Å². The summed E-state index contributed by atoms with van der Waals surface area (Å²) in [6.45, 7) is 7.28. The van der Waals surface area contributed by atoms with Gasteiger partial charge in [0.1, 0.15) is 5.82 Å². The number of imidazole rings is 1. The van der Waals surface area contributed by atoms with Gasteiger partial charge >= 0.3 is 0 Å². The fourth-order valence-electron chi connectivity index (χ4n) is 2.19. The number of aromatic nitrogens is 2. The molecule has 5 nitrogen and oxygen atoms in total. The van der Waals surface area contributed by atoms with Crippen LogP contribution in [0.1, 0.15) is 31.7 Å². The molecule has 112 valence electrons. The number of amides is 1. The molecule has 2 aromatic rings. The van der Waals surface area contributed by atoms with Gasteiger partial charge in [0.05, 0.1) is 6.54 Å². The lowest BCUT2D eigenvalue weighted by atomic mass is 10.1. The molecule has 1 amide bonds. The summed E-state index contributed by atoms with van der Waals surface area (Å²) in [5.74, 6) is 0.951. The number of aryl methyl sites for hydroxylation is 2. The van der Waals surface area contributed by atoms with E-state index in [-0.39, 0.29) is 5.91 Å². The van der Waals surface area contributed by atoms with Crippen LogP contribution in [0.4, 0.5) is 11.4 Å². The Labute approximate surface area is 125 Å². The van der Waals surface area contributed by atoms with Crippen LogP contribution < -0.4 is 10.6 Å². The molecule has 0 saturated carbocycles. The second kappa shape index (κ2) is 6.92. The third-order valence-corrected chi connectivity index (χ3v) is 3.27. The number of carbonyl (C=O) groups is 1. The highest BCUT2D eigenvalue weighted by molar-refractivity contribution is 5.90. The predicted molar refractivity (Wildman–Crippen MR) is 85.3 cm³/mol. The van der Waals surface area contributed by atoms with Crippen LogP contribution >= 0.6 is 0 Å². The molecule has 1 heterocycles. The first-order valence-electron chi connectivity index (χ1n) is 7.22. The van der Waals surface area contributed by atoms with Crippen LogP contribution in [0, 0.1) is 6.92 Å². The zero-order valence-corrected chi connectivity index (χ0v) is 12.8. The Bertz CT molecular complexity index is 618. The van der Waals surface area contributed by atoms with Crippen molar-refractivity contribution in [3.63, 3.8) is 0 Å². The van der Waals surface area contributed by atoms with Gasteiger partial charge in [0.15, 0.2) is 0 Å². The van der Waals surface area contributed by atoms with Gasteiger partial charge in [0.2, 0.25) is 5.91 Å². The first kappa shape index (κ1) is 15.1. The normalized spacial score (nSPS) is 10.4. The third kappa shape index (κ3) is 4.08. The molecule has 0 fully saturated rings. The first-order valence-corrected chi connectivity index (χ1v) is 7.22. The highest BCUT2D eigenvalue weighted by atomic mass is 16.1. The summed E-state index contributed by atoms with van der Waals surface area (Å²) in [7, 11) is 0. The fourth-order valence-corrected chi connectivity index (χ4v) is 2.19. The van der Waals surface area contributed by atoms with E-state index in [9.17, 15) is 4.79 Å². The van der Waals surface area contributed by atoms with Crippen molar-refractivity contribution in [1.82, 2.24) is 9.55 Å². The van der Waals surface area contributed by atoms with E-state index in [0.29, 0.717) is 6.54 Å². The van der Waals surface area contributed by atoms with E-state index in [1.165, 1.54) is 6.92 Å². The maximum Gasteiger partial charge on any atom is 0.221 e. The largest absolute Gasteiger partial charge is 0.378 e. The molecule has 0 atom stereocenters. The molecule has 0 bridgehead atoms. The second-order valence-corrected chi connectivity index (χ2v) is 5.10. The van der Waals surface area contributed by atoms with E-state index in [2.05, 4.69) is 27.1 Å². The minimum atomic E-state index is -0.0614. The molecule has 0 unspecified atom stereocenters. The maximum absolute atomic E-state index is 11.2. The fraction of sp³-hybridized carbons (Fsp3) is 0.375. The van der Waals surface area contributed by atoms with Gasteiger partial charge in [-0.1, -0.05) is 13.0 Å². The summed E-state index contributed by atoms with van der Waals surface area (Å²) < 4.78 is 2.15. The van der Waals surface area contributed by atoms with Crippen molar-refractivity contribution in [3.05, 3.63) is 42.0 Å². The van der Waals surface area contributed by atoms with Gasteiger partial charge < -0.3 is 15.2 Å². The Balaban J connectivity index is 2.06. The van der Waals surface area contributed by atoms with Gasteiger partial charge in [-0.3, -0.25) is 4.79 Å². The lowest BCUT2D eigenvalue weighted by molar-refractivity contribution is -0.114. The Morgan fingerprint density at radius 3 is 2.90 bits per heavy atom. The summed E-state index contributed by atoms with van der Waals surface area (Å²) in [6, 6.07) is 5.95. The topological polar surface area (TPSA) is 59.0 Å². The van der Waals surface area contributed by atoms with Gasteiger partial charge in [0, 0.05) is 37.2 Å². The number of rotatable bonds is 6. The number of nitrogens with zero attached hydrogens (tertiary/aromatic N) is 2. The van der Waals surface area contributed by atoms with Crippen molar-refractivity contribution in [1.29, 1.82) is 0 Å². The molecule has 1 aromatic heterocycles. The Kier molecular flexibility index (Phi) is 4.98. The number of benzene rings is 1. The zero-order valence-electron chi connectivity index (χ0n) is 12.8. The van der Waals surface area contributed by atoms with Crippen molar-refractivity contribution in [2.24, 2.45) is 0 Å². The van der Waals surface area contributed by atoms with E-state index in [1.807, 2.05) is 37.5 Å². The molecule has 0 aliphatic rings. The standard InChI is InChI=1S/C16H22N4O/c1-4-8-20-9-7-17-16(20)11-18-14-6-5-12(2)15(10-14)19-13(3)21/h5-7,9-10,18H,4,8,11H2,1-3H3,(H,19,21). The van der Waals surface area contributed by atoms with Crippen LogP contribution in [0.25, 0.3) is 0 Å². The molecule has 2 N–H and O–H groups in total. The van der Waals surface area contributed by atoms with E-state index in [0.717, 1.165) is 35.7 Å². The van der Waals surface area contributed by atoms with Crippen LogP contribution in [0.15, 0.2) is 30.6 Å². The Morgan fingerprint density at radius 2 is 2.19 bits per heavy atom. The average molecular weight is 286 g/mol. The summed E-state index contributed by atoms with van der Waals surface area (Å²) in [4.78, 5) is 15.6. The van der Waals surface area contributed by atoms with Crippen LogP contribution in [-0.2, 0) is 17.9 Å². The van der Waals surface area contributed by atoms with Crippen molar-refractivity contribution >= 4 is 17.3 Å². The minimum absolute atomic E-state index is 0.0614. The van der Waals surface area contributed by atoms with Crippen molar-refractivity contribution < 1.29 is 4.79 Å². The third-order valence-electron chi connectivity index (χ3n) is 3.27. The van der Waals surface area contributed by atoms with Crippen molar-refractivity contribution in [2.75, 3.05) is 10.6 Å². The molecule has 21 heavy (non-hydrogen) atoms. The smallest absolute Gasteiger partial charge is 0.221 e. The highest BCUT2D eigenvalue weighted by Gasteiger charge is 2.04. The number of nitrogens with one attached hydrogen (secondary N) is 2. The van der Waals surface area contributed by atoms with Gasteiger partial charge in [-0.05, 0) is 31.0 Å². The van der Waals surface area contributed by atoms with Crippen molar-refractivity contribution in [3.8, 4) is 0 Å². The van der Waals surface area contributed by atoms with Gasteiger partial charge in [-0.25, -0.2) is 4.98 Å². The maximum atomic E-state index is 11.2. The molecular weight excluding hydrogens is 264 g/mol. The van der Waals surface area contributed by atoms with Crippen LogP contribution in [0.3, 0.4) is 0 Å². The molecule has 0 spiro atoms. The number of anilines is 2. The SMILES string of the molecule is CCCn1ccnc1CNc1ccc(C)c(NC(C)=O)c1. The number of carbonyl (C=O) groups excluding carboxylic acids is 1. The van der Waals surface area contributed by atoms with E-state index < -0.39 is 0 Å². The quantitative estimate of drug-likeness (QED) is 0.857. The first-order chi connectivity index (χ1) is 10.1. The predicted octanol–water partition coefficient (Wildman–Crippen LogP) is 3.17. The van der Waals surface area contributed by atoms with E-state index in [4.69, 9.17) is 0 Å². The molecule has 1 aromatic carbocycles. The highest BCUT2D eigenvalue weighted by Crippen LogP contribution is 2.20. The summed E-state index contributed by atoms with van der Waals surface area (Å²) in [6.07, 6.45) is 4.91. The van der Waals surface area contributed by atoms with Crippen LogP contribution in [0.5, 0.6) is 0 Å². The van der Waals surface area contributed by atoms with Gasteiger partial charge in [-0.15, -0.1) is 0 Å². The molecule has 0 aliphatic carbocycles. The summed E-state index contributed by atoms with van der Waals surface area (Å²) in [5.41, 5.74) is 2.85. The average Bonchev–Trinajstić information content (AvgIpc) is 2.87. The zero-order chi connectivity index (χ0) is 15.2. The molecule has 5 heteroatoms. The monoisotopic (exact) mass is 286 g/mol. The van der Waals surface area contributed by atoms with Gasteiger partial charge in [-0.2, -0.15) is 0 Å². The molecule has 0 saturated heterocycles. The molecule has 0 radical (unpaired) electrons. The van der Waals surface area contributed by atoms with E-state index in [1.54, 1.807) is 0 Å².